The Labute approximate surface area is 126 Å². The number of carbonyl (C=O) groups is 1. The van der Waals surface area contributed by atoms with Crippen LogP contribution in [0.5, 0.6) is 0 Å². The van der Waals surface area contributed by atoms with Crippen molar-refractivity contribution in [3.05, 3.63) is 35.5 Å². The number of nitrogens with zero attached hydrogens (tertiary/aromatic N) is 1. The van der Waals surface area contributed by atoms with E-state index in [-0.39, 0.29) is 31.8 Å². The largest absolute Gasteiger partial charge is 0.391 e. The third-order valence-electron chi connectivity index (χ3n) is 4.31. The molecule has 1 aromatic carbocycles. The van der Waals surface area contributed by atoms with E-state index in [2.05, 4.69) is 4.98 Å². The minimum Gasteiger partial charge on any atom is -0.360 e. The van der Waals surface area contributed by atoms with Crippen molar-refractivity contribution in [2.24, 2.45) is 5.92 Å². The van der Waals surface area contributed by atoms with E-state index in [1.54, 1.807) is 6.20 Å². The van der Waals surface area contributed by atoms with Gasteiger partial charge in [0.15, 0.2) is 0 Å². The first-order chi connectivity index (χ1) is 10.4. The van der Waals surface area contributed by atoms with Gasteiger partial charge >= 0.3 is 6.18 Å². The van der Waals surface area contributed by atoms with Gasteiger partial charge in [0.2, 0.25) is 0 Å². The number of alkyl halides is 3. The molecule has 22 heavy (non-hydrogen) atoms. The number of piperidine rings is 1. The third kappa shape index (κ3) is 2.69. The second-order valence-corrected chi connectivity index (χ2v) is 5.86. The quantitative estimate of drug-likeness (QED) is 0.852. The number of amides is 1. The van der Waals surface area contributed by atoms with Crippen molar-refractivity contribution < 1.29 is 18.0 Å². The average molecular weight is 310 g/mol. The van der Waals surface area contributed by atoms with Crippen LogP contribution < -0.4 is 0 Å². The van der Waals surface area contributed by atoms with E-state index in [1.165, 1.54) is 4.90 Å². The molecule has 1 aromatic heterocycles. The van der Waals surface area contributed by atoms with E-state index in [9.17, 15) is 18.0 Å². The van der Waals surface area contributed by atoms with Crippen LogP contribution in [0.15, 0.2) is 24.4 Å². The number of fused-ring (bicyclic) bond motifs is 1. The molecule has 0 unspecified atom stereocenters. The fourth-order valence-corrected chi connectivity index (χ4v) is 2.99. The van der Waals surface area contributed by atoms with Crippen LogP contribution in [0.1, 0.15) is 28.8 Å². The lowest BCUT2D eigenvalue weighted by Gasteiger charge is -2.32. The number of nitrogens with one attached hydrogen (secondary N) is 1. The number of aromatic amines is 1. The summed E-state index contributed by atoms with van der Waals surface area (Å²) in [4.78, 5) is 17.1. The van der Waals surface area contributed by atoms with Crippen molar-refractivity contribution in [2.45, 2.75) is 25.9 Å². The Morgan fingerprint density at radius 3 is 2.59 bits per heavy atom. The highest BCUT2D eigenvalue weighted by molar-refractivity contribution is 6.06. The van der Waals surface area contributed by atoms with E-state index in [0.29, 0.717) is 5.56 Å². The van der Waals surface area contributed by atoms with Crippen molar-refractivity contribution in [2.75, 3.05) is 13.1 Å². The van der Waals surface area contributed by atoms with Crippen molar-refractivity contribution >= 4 is 16.8 Å². The van der Waals surface area contributed by atoms with E-state index < -0.39 is 12.1 Å². The predicted molar refractivity (Wildman–Crippen MR) is 77.7 cm³/mol. The molecule has 0 atom stereocenters. The van der Waals surface area contributed by atoms with Crippen molar-refractivity contribution in [3.8, 4) is 0 Å². The fraction of sp³-hybridized carbons (Fsp3) is 0.438. The number of carbonyl (C=O) groups excluding carboxylic acids is 1. The van der Waals surface area contributed by atoms with Gasteiger partial charge in [-0.2, -0.15) is 13.2 Å². The molecule has 0 aliphatic carbocycles. The average Bonchev–Trinajstić information content (AvgIpc) is 2.88. The second kappa shape index (κ2) is 5.34. The summed E-state index contributed by atoms with van der Waals surface area (Å²) < 4.78 is 38.1. The molecule has 1 saturated heterocycles. The summed E-state index contributed by atoms with van der Waals surface area (Å²) in [6.45, 7) is 2.25. The zero-order chi connectivity index (χ0) is 15.9. The minimum absolute atomic E-state index is 0.0172. The molecule has 1 amide bonds. The topological polar surface area (TPSA) is 36.1 Å². The standard InChI is InChI=1S/C16H17F3N2O/c1-10-2-3-14-12(8-10)13(9-20-14)15(22)21-6-4-11(5-7-21)16(17,18)19/h2-3,8-9,11,20H,4-7H2,1H3. The summed E-state index contributed by atoms with van der Waals surface area (Å²) in [7, 11) is 0. The molecule has 0 bridgehead atoms. The van der Waals surface area contributed by atoms with Gasteiger partial charge < -0.3 is 9.88 Å². The Morgan fingerprint density at radius 1 is 1.27 bits per heavy atom. The van der Waals surface area contributed by atoms with Crippen LogP contribution in [-0.4, -0.2) is 35.1 Å². The SMILES string of the molecule is Cc1ccc2[nH]cc(C(=O)N3CCC(C(F)(F)F)CC3)c2c1. The molecule has 3 rings (SSSR count). The summed E-state index contributed by atoms with van der Waals surface area (Å²) >= 11 is 0. The van der Waals surface area contributed by atoms with Crippen molar-refractivity contribution in [1.29, 1.82) is 0 Å². The van der Waals surface area contributed by atoms with Gasteiger partial charge in [-0.25, -0.2) is 0 Å². The van der Waals surface area contributed by atoms with Crippen LogP contribution in [-0.2, 0) is 0 Å². The molecular formula is C16H17F3N2O. The van der Waals surface area contributed by atoms with Crippen molar-refractivity contribution in [1.82, 2.24) is 9.88 Å². The van der Waals surface area contributed by atoms with E-state index in [0.717, 1.165) is 16.5 Å². The van der Waals surface area contributed by atoms with Crippen LogP contribution in [0.3, 0.4) is 0 Å². The van der Waals surface area contributed by atoms with Gasteiger partial charge in [-0.1, -0.05) is 11.6 Å². The number of halogens is 3. The van der Waals surface area contributed by atoms with Crippen LogP contribution in [0.2, 0.25) is 0 Å². The molecule has 1 fully saturated rings. The van der Waals surface area contributed by atoms with Gasteiger partial charge in [0, 0.05) is 30.2 Å². The van der Waals surface area contributed by atoms with Gasteiger partial charge in [0.05, 0.1) is 11.5 Å². The Bertz CT molecular complexity index is 697. The van der Waals surface area contributed by atoms with Crippen LogP contribution in [0, 0.1) is 12.8 Å². The monoisotopic (exact) mass is 310 g/mol. The number of aromatic nitrogens is 1. The molecule has 2 heterocycles. The molecule has 118 valence electrons. The minimum atomic E-state index is -4.16. The third-order valence-corrected chi connectivity index (χ3v) is 4.31. The van der Waals surface area contributed by atoms with Crippen LogP contribution >= 0.6 is 0 Å². The van der Waals surface area contributed by atoms with Crippen LogP contribution in [0.4, 0.5) is 13.2 Å². The highest BCUT2D eigenvalue weighted by Crippen LogP contribution is 2.34. The molecule has 0 radical (unpaired) electrons. The Hall–Kier alpha value is -1.98. The number of hydrogen-bond acceptors (Lipinski definition) is 1. The van der Waals surface area contributed by atoms with Crippen LogP contribution in [0.25, 0.3) is 10.9 Å². The summed E-state index contributed by atoms with van der Waals surface area (Å²) in [5.74, 6) is -1.49. The Balaban J connectivity index is 1.78. The van der Waals surface area contributed by atoms with Gasteiger partial charge in [-0.3, -0.25) is 4.79 Å². The van der Waals surface area contributed by atoms with Gasteiger partial charge in [-0.15, -0.1) is 0 Å². The fourth-order valence-electron chi connectivity index (χ4n) is 2.99. The maximum absolute atomic E-state index is 12.7. The summed E-state index contributed by atoms with van der Waals surface area (Å²) in [6.07, 6.45) is -2.55. The molecule has 0 saturated carbocycles. The first-order valence-corrected chi connectivity index (χ1v) is 7.30. The van der Waals surface area contributed by atoms with E-state index in [4.69, 9.17) is 0 Å². The molecule has 2 aromatic rings. The molecule has 1 aliphatic heterocycles. The Kier molecular flexibility index (Phi) is 3.62. The molecule has 0 spiro atoms. The lowest BCUT2D eigenvalue weighted by atomic mass is 9.96. The summed E-state index contributed by atoms with van der Waals surface area (Å²) in [6, 6.07) is 5.76. The molecule has 1 aliphatic rings. The predicted octanol–water partition coefficient (Wildman–Crippen LogP) is 3.89. The van der Waals surface area contributed by atoms with Gasteiger partial charge in [0.1, 0.15) is 0 Å². The second-order valence-electron chi connectivity index (χ2n) is 5.86. The van der Waals surface area contributed by atoms with E-state index >= 15 is 0 Å². The lowest BCUT2D eigenvalue weighted by molar-refractivity contribution is -0.183. The molecular weight excluding hydrogens is 293 g/mol. The highest BCUT2D eigenvalue weighted by Gasteiger charge is 2.41. The zero-order valence-corrected chi connectivity index (χ0v) is 12.2. The maximum Gasteiger partial charge on any atom is 0.391 e. The summed E-state index contributed by atoms with van der Waals surface area (Å²) in [5.41, 5.74) is 2.43. The summed E-state index contributed by atoms with van der Waals surface area (Å²) in [5, 5.41) is 0.822. The lowest BCUT2D eigenvalue weighted by Crippen LogP contribution is -2.42. The highest BCUT2D eigenvalue weighted by atomic mass is 19.4. The Morgan fingerprint density at radius 2 is 1.95 bits per heavy atom. The molecule has 3 nitrogen and oxygen atoms in total. The zero-order valence-electron chi connectivity index (χ0n) is 12.2. The molecule has 1 N–H and O–H groups in total. The van der Waals surface area contributed by atoms with Gasteiger partial charge in [0.25, 0.3) is 5.91 Å². The van der Waals surface area contributed by atoms with Crippen molar-refractivity contribution in [3.63, 3.8) is 0 Å². The number of H-pyrrole nitrogens is 1. The number of rotatable bonds is 1. The normalized spacial score (nSPS) is 17.2. The smallest absolute Gasteiger partial charge is 0.360 e. The number of aryl methyl sites for hydroxylation is 1. The number of likely N-dealkylation sites (tertiary alicyclic amines) is 1. The first-order valence-electron chi connectivity index (χ1n) is 7.30. The number of hydrogen-bond donors (Lipinski definition) is 1. The van der Waals surface area contributed by atoms with E-state index in [1.807, 2.05) is 25.1 Å². The van der Waals surface area contributed by atoms with Gasteiger partial charge in [-0.05, 0) is 31.9 Å². The maximum atomic E-state index is 12.7. The first kappa shape index (κ1) is 14.9. The molecule has 6 heteroatoms. The number of benzene rings is 1.